The lowest BCUT2D eigenvalue weighted by Gasteiger charge is -2.15. The molecule has 38 heavy (non-hydrogen) atoms. The molecule has 0 atom stereocenters. The van der Waals surface area contributed by atoms with Gasteiger partial charge in [-0.25, -0.2) is 4.99 Å². The third-order valence-corrected chi connectivity index (χ3v) is 7.52. The van der Waals surface area contributed by atoms with E-state index in [1.807, 2.05) is 86.7 Å². The molecule has 6 nitrogen and oxygen atoms in total. The van der Waals surface area contributed by atoms with Gasteiger partial charge in [0, 0.05) is 11.6 Å². The van der Waals surface area contributed by atoms with Gasteiger partial charge in [-0.3, -0.25) is 9.69 Å². The molecule has 1 heterocycles. The van der Waals surface area contributed by atoms with Crippen LogP contribution < -0.4 is 9.47 Å². The molecule has 1 amide bonds. The maximum atomic E-state index is 13.4. The molecular formula is C29H28ClIN2O4S. The van der Waals surface area contributed by atoms with Crippen molar-refractivity contribution in [2.75, 3.05) is 26.4 Å². The zero-order valence-corrected chi connectivity index (χ0v) is 24.9. The van der Waals surface area contributed by atoms with Gasteiger partial charge in [0.15, 0.2) is 16.7 Å². The first-order chi connectivity index (χ1) is 18.5. The molecule has 0 radical (unpaired) electrons. The third kappa shape index (κ3) is 7.53. The summed E-state index contributed by atoms with van der Waals surface area (Å²) in [6.45, 7) is 6.20. The minimum absolute atomic E-state index is 0.0968. The Labute approximate surface area is 246 Å². The van der Waals surface area contributed by atoms with E-state index in [9.17, 15) is 4.79 Å². The number of thioether (sulfide) groups is 1. The van der Waals surface area contributed by atoms with Gasteiger partial charge in [0.1, 0.15) is 6.61 Å². The summed E-state index contributed by atoms with van der Waals surface area (Å²) in [5, 5.41) is 1.32. The zero-order chi connectivity index (χ0) is 26.9. The van der Waals surface area contributed by atoms with Gasteiger partial charge in [0.2, 0.25) is 0 Å². The fourth-order valence-corrected chi connectivity index (χ4v) is 5.60. The second-order valence-corrected chi connectivity index (χ2v) is 10.8. The first kappa shape index (κ1) is 28.5. The first-order valence-corrected chi connectivity index (χ1v) is 14.5. The van der Waals surface area contributed by atoms with Crippen LogP contribution in [0.5, 0.6) is 11.5 Å². The van der Waals surface area contributed by atoms with Crippen LogP contribution in [0.2, 0.25) is 5.02 Å². The van der Waals surface area contributed by atoms with Gasteiger partial charge in [0.25, 0.3) is 5.91 Å². The Morgan fingerprint density at radius 2 is 1.79 bits per heavy atom. The predicted molar refractivity (Wildman–Crippen MR) is 163 cm³/mol. The second kappa shape index (κ2) is 14.0. The molecule has 198 valence electrons. The Morgan fingerprint density at radius 1 is 1.03 bits per heavy atom. The monoisotopic (exact) mass is 662 g/mol. The van der Waals surface area contributed by atoms with Crippen LogP contribution in [0.25, 0.3) is 6.08 Å². The lowest BCUT2D eigenvalue weighted by Crippen LogP contribution is -2.32. The number of aliphatic imine (C=N–C) groups is 1. The largest absolute Gasteiger partial charge is 0.490 e. The predicted octanol–water partition coefficient (Wildman–Crippen LogP) is 7.56. The third-order valence-electron chi connectivity index (χ3n) is 5.46. The molecule has 0 aliphatic carbocycles. The number of hydrogen-bond acceptors (Lipinski definition) is 6. The number of halogens is 2. The van der Waals surface area contributed by atoms with Crippen LogP contribution in [0, 0.1) is 3.57 Å². The van der Waals surface area contributed by atoms with Crippen molar-refractivity contribution in [1.29, 1.82) is 0 Å². The normalized spacial score (nSPS) is 15.5. The summed E-state index contributed by atoms with van der Waals surface area (Å²) in [6.07, 6.45) is 1.88. The maximum Gasteiger partial charge on any atom is 0.266 e. The molecule has 4 rings (SSSR count). The van der Waals surface area contributed by atoms with E-state index in [4.69, 9.17) is 30.8 Å². The lowest BCUT2D eigenvalue weighted by atomic mass is 10.1. The molecule has 1 aliphatic heterocycles. The van der Waals surface area contributed by atoms with Crippen molar-refractivity contribution in [2.24, 2.45) is 4.99 Å². The maximum absolute atomic E-state index is 13.4. The molecule has 0 unspecified atom stereocenters. The molecule has 9 heteroatoms. The molecule has 1 fully saturated rings. The summed E-state index contributed by atoms with van der Waals surface area (Å²) >= 11 is 9.60. The lowest BCUT2D eigenvalue weighted by molar-refractivity contribution is -0.122. The Morgan fingerprint density at radius 3 is 2.50 bits per heavy atom. The standard InChI is InChI=1S/C29H28ClIN2O4S/c1-3-35-15-14-33-28(34)26(38-29(33)32-23-8-6-5-7-9-23)18-21-16-24(31)27(25(17-21)36-4-2)37-19-20-10-12-22(30)13-11-20/h5-13,16-18H,3-4,14-15,19H2,1-2H3/b26-18-,32-29?. The van der Waals surface area contributed by atoms with Gasteiger partial charge in [-0.2, -0.15) is 0 Å². The van der Waals surface area contributed by atoms with Crippen LogP contribution >= 0.6 is 46.0 Å². The average Bonchev–Trinajstić information content (AvgIpc) is 3.19. The molecule has 0 spiro atoms. The fraction of sp³-hybridized carbons (Fsp3) is 0.241. The zero-order valence-electron chi connectivity index (χ0n) is 21.2. The average molecular weight is 663 g/mol. The molecule has 1 aliphatic rings. The highest BCUT2D eigenvalue weighted by Crippen LogP contribution is 2.38. The van der Waals surface area contributed by atoms with Crippen LogP contribution in [0.3, 0.4) is 0 Å². The van der Waals surface area contributed by atoms with E-state index in [1.165, 1.54) is 11.8 Å². The van der Waals surface area contributed by atoms with E-state index < -0.39 is 0 Å². The number of carbonyl (C=O) groups excluding carboxylic acids is 1. The van der Waals surface area contributed by atoms with Gasteiger partial charge in [-0.05, 0) is 102 Å². The van der Waals surface area contributed by atoms with E-state index in [2.05, 4.69) is 22.6 Å². The number of rotatable bonds is 11. The molecule has 0 bridgehead atoms. The molecule has 0 aromatic heterocycles. The van der Waals surface area contributed by atoms with Crippen molar-refractivity contribution in [3.63, 3.8) is 0 Å². The Bertz CT molecular complexity index is 1320. The Balaban J connectivity index is 1.60. The van der Waals surface area contributed by atoms with E-state index in [0.29, 0.717) is 59.6 Å². The van der Waals surface area contributed by atoms with Crippen LogP contribution in [-0.2, 0) is 16.1 Å². The van der Waals surface area contributed by atoms with E-state index in [1.54, 1.807) is 4.90 Å². The molecule has 0 N–H and O–H groups in total. The molecule has 1 saturated heterocycles. The summed E-state index contributed by atoms with van der Waals surface area (Å²) < 4.78 is 18.5. The second-order valence-electron chi connectivity index (χ2n) is 8.17. The minimum atomic E-state index is -0.0968. The fourth-order valence-electron chi connectivity index (χ4n) is 3.66. The number of carbonyl (C=O) groups is 1. The SMILES string of the molecule is CCOCCN1C(=O)/C(=C/c2cc(I)c(OCc3ccc(Cl)cc3)c(OCC)c2)SC1=Nc1ccccc1. The smallest absolute Gasteiger partial charge is 0.266 e. The van der Waals surface area contributed by atoms with Crippen LogP contribution in [0.4, 0.5) is 5.69 Å². The van der Waals surface area contributed by atoms with E-state index in [0.717, 1.165) is 20.4 Å². The van der Waals surface area contributed by atoms with Gasteiger partial charge in [0.05, 0.1) is 33.9 Å². The number of benzene rings is 3. The summed E-state index contributed by atoms with van der Waals surface area (Å²) in [5.41, 5.74) is 2.64. The number of para-hydroxylation sites is 1. The number of hydrogen-bond donors (Lipinski definition) is 0. The van der Waals surface area contributed by atoms with Crippen molar-refractivity contribution < 1.29 is 19.0 Å². The van der Waals surface area contributed by atoms with Gasteiger partial charge in [-0.1, -0.05) is 41.9 Å². The Kier molecular flexibility index (Phi) is 10.5. The van der Waals surface area contributed by atoms with E-state index >= 15 is 0 Å². The van der Waals surface area contributed by atoms with Gasteiger partial charge < -0.3 is 14.2 Å². The van der Waals surface area contributed by atoms with Crippen molar-refractivity contribution >= 4 is 68.8 Å². The van der Waals surface area contributed by atoms with Crippen molar-refractivity contribution in [3.05, 3.63) is 91.4 Å². The van der Waals surface area contributed by atoms with Gasteiger partial charge in [-0.15, -0.1) is 0 Å². The van der Waals surface area contributed by atoms with Gasteiger partial charge >= 0.3 is 0 Å². The molecule has 3 aromatic rings. The summed E-state index contributed by atoms with van der Waals surface area (Å²) in [6, 6.07) is 21.1. The van der Waals surface area contributed by atoms with Crippen LogP contribution in [-0.4, -0.2) is 42.3 Å². The first-order valence-electron chi connectivity index (χ1n) is 12.2. The van der Waals surface area contributed by atoms with Crippen molar-refractivity contribution in [1.82, 2.24) is 4.90 Å². The summed E-state index contributed by atoms with van der Waals surface area (Å²) in [7, 11) is 0. The van der Waals surface area contributed by atoms with Crippen LogP contribution in [0.15, 0.2) is 76.6 Å². The van der Waals surface area contributed by atoms with E-state index in [-0.39, 0.29) is 5.91 Å². The van der Waals surface area contributed by atoms with Crippen molar-refractivity contribution in [2.45, 2.75) is 20.5 Å². The Hall–Kier alpha value is -2.53. The minimum Gasteiger partial charge on any atom is -0.490 e. The summed E-state index contributed by atoms with van der Waals surface area (Å²) in [5.74, 6) is 1.20. The number of amides is 1. The quantitative estimate of drug-likeness (QED) is 0.121. The number of ether oxygens (including phenoxy) is 3. The number of amidine groups is 1. The van der Waals surface area contributed by atoms with Crippen molar-refractivity contribution in [3.8, 4) is 11.5 Å². The number of nitrogens with zero attached hydrogens (tertiary/aromatic N) is 2. The highest BCUT2D eigenvalue weighted by molar-refractivity contribution is 14.1. The van der Waals surface area contributed by atoms with Crippen LogP contribution in [0.1, 0.15) is 25.0 Å². The highest BCUT2D eigenvalue weighted by atomic mass is 127. The molecule has 3 aromatic carbocycles. The molecule has 0 saturated carbocycles. The topological polar surface area (TPSA) is 60.4 Å². The molecular weight excluding hydrogens is 635 g/mol. The highest BCUT2D eigenvalue weighted by Gasteiger charge is 2.33. The summed E-state index contributed by atoms with van der Waals surface area (Å²) in [4.78, 5) is 20.4.